The molecule has 1 aliphatic heterocycles. The van der Waals surface area contributed by atoms with Crippen LogP contribution in [0.3, 0.4) is 0 Å². The van der Waals surface area contributed by atoms with Crippen molar-refractivity contribution in [2.75, 3.05) is 18.0 Å². The van der Waals surface area contributed by atoms with Gasteiger partial charge in [0.2, 0.25) is 5.95 Å². The van der Waals surface area contributed by atoms with Gasteiger partial charge < -0.3 is 4.90 Å². The largest absolute Gasteiger partial charge is 0.340 e. The van der Waals surface area contributed by atoms with Crippen LogP contribution < -0.4 is 4.90 Å². The molecule has 4 heteroatoms. The number of aromatic nitrogens is 2. The smallest absolute Gasteiger partial charge is 0.226 e. The summed E-state index contributed by atoms with van der Waals surface area (Å²) in [6.07, 6.45) is 1.17. The molecule has 18 heavy (non-hydrogen) atoms. The number of aryl methyl sites for hydroxylation is 1. The maximum absolute atomic E-state index is 8.95. The van der Waals surface area contributed by atoms with E-state index >= 15 is 0 Å². The van der Waals surface area contributed by atoms with Crippen molar-refractivity contribution in [3.8, 4) is 6.07 Å². The van der Waals surface area contributed by atoms with E-state index in [1.165, 1.54) is 6.42 Å². The monoisotopic (exact) mass is 244 g/mol. The van der Waals surface area contributed by atoms with Crippen LogP contribution in [-0.2, 0) is 0 Å². The van der Waals surface area contributed by atoms with Gasteiger partial charge in [-0.3, -0.25) is 0 Å². The van der Waals surface area contributed by atoms with Gasteiger partial charge in [0.15, 0.2) is 0 Å². The average molecular weight is 244 g/mol. The minimum atomic E-state index is 0.316. The first-order valence-corrected chi connectivity index (χ1v) is 6.41. The number of rotatable bonds is 1. The third kappa shape index (κ3) is 2.61. The van der Waals surface area contributed by atoms with Crippen LogP contribution in [0.15, 0.2) is 6.07 Å². The molecule has 1 saturated heterocycles. The fraction of sp³-hybridized carbons (Fsp3) is 0.643. The fourth-order valence-electron chi connectivity index (χ4n) is 2.40. The highest BCUT2D eigenvalue weighted by molar-refractivity contribution is 5.37. The van der Waals surface area contributed by atoms with Crippen LogP contribution in [-0.4, -0.2) is 23.1 Å². The molecule has 0 amide bonds. The molecule has 1 fully saturated rings. The molecular formula is C14H20N4. The predicted octanol–water partition coefficient (Wildman–Crippen LogP) is 2.53. The third-order valence-electron chi connectivity index (χ3n) is 3.65. The minimum absolute atomic E-state index is 0.316. The quantitative estimate of drug-likeness (QED) is 0.761. The van der Waals surface area contributed by atoms with E-state index in [4.69, 9.17) is 5.26 Å². The molecule has 2 rings (SSSR count). The molecule has 0 aliphatic carbocycles. The van der Waals surface area contributed by atoms with E-state index < -0.39 is 0 Å². The Morgan fingerprint density at radius 2 is 2.11 bits per heavy atom. The van der Waals surface area contributed by atoms with Gasteiger partial charge in [-0.1, -0.05) is 20.8 Å². The van der Waals surface area contributed by atoms with E-state index in [-0.39, 0.29) is 0 Å². The first-order chi connectivity index (χ1) is 8.40. The molecule has 0 aromatic carbocycles. The molecule has 1 atom stereocenters. The van der Waals surface area contributed by atoms with Crippen LogP contribution in [0.25, 0.3) is 0 Å². The van der Waals surface area contributed by atoms with Crippen molar-refractivity contribution in [1.82, 2.24) is 9.97 Å². The van der Waals surface area contributed by atoms with Gasteiger partial charge >= 0.3 is 0 Å². The van der Waals surface area contributed by atoms with Crippen LogP contribution in [0.1, 0.15) is 38.6 Å². The lowest BCUT2D eigenvalue weighted by Gasteiger charge is -2.27. The second kappa shape index (κ2) is 4.56. The predicted molar refractivity (Wildman–Crippen MR) is 71.3 cm³/mol. The molecule has 0 spiro atoms. The number of nitriles is 1. The Morgan fingerprint density at radius 3 is 2.67 bits per heavy atom. The summed E-state index contributed by atoms with van der Waals surface area (Å²) in [4.78, 5) is 10.9. The van der Waals surface area contributed by atoms with Crippen molar-refractivity contribution in [3.63, 3.8) is 0 Å². The van der Waals surface area contributed by atoms with Crippen molar-refractivity contribution in [1.29, 1.82) is 5.26 Å². The van der Waals surface area contributed by atoms with Crippen molar-refractivity contribution in [3.05, 3.63) is 17.5 Å². The summed E-state index contributed by atoms with van der Waals surface area (Å²) < 4.78 is 0. The van der Waals surface area contributed by atoms with Gasteiger partial charge in [0.25, 0.3) is 0 Å². The van der Waals surface area contributed by atoms with Crippen LogP contribution in [0.5, 0.6) is 0 Å². The molecule has 2 heterocycles. The highest BCUT2D eigenvalue weighted by atomic mass is 15.3. The summed E-state index contributed by atoms with van der Waals surface area (Å²) in [6.45, 7) is 10.7. The van der Waals surface area contributed by atoms with Gasteiger partial charge in [-0.25, -0.2) is 9.97 Å². The van der Waals surface area contributed by atoms with Gasteiger partial charge in [0.05, 0.1) is 0 Å². The van der Waals surface area contributed by atoms with Gasteiger partial charge in [0.1, 0.15) is 11.8 Å². The van der Waals surface area contributed by atoms with E-state index in [1.54, 1.807) is 6.07 Å². The van der Waals surface area contributed by atoms with Crippen LogP contribution in [0, 0.1) is 29.6 Å². The highest BCUT2D eigenvalue weighted by Crippen LogP contribution is 2.34. The summed E-state index contributed by atoms with van der Waals surface area (Å²) in [7, 11) is 0. The summed E-state index contributed by atoms with van der Waals surface area (Å²) in [5.41, 5.74) is 1.63. The van der Waals surface area contributed by atoms with Crippen LogP contribution >= 0.6 is 0 Å². The Morgan fingerprint density at radius 1 is 1.39 bits per heavy atom. The molecular weight excluding hydrogens is 224 g/mol. The second-order valence-corrected chi connectivity index (χ2v) is 6.10. The van der Waals surface area contributed by atoms with E-state index in [2.05, 4.69) is 41.7 Å². The highest BCUT2D eigenvalue weighted by Gasteiger charge is 2.32. The van der Waals surface area contributed by atoms with E-state index in [0.29, 0.717) is 23.0 Å². The number of anilines is 1. The molecule has 1 unspecified atom stereocenters. The third-order valence-corrected chi connectivity index (χ3v) is 3.65. The van der Waals surface area contributed by atoms with Gasteiger partial charge in [0, 0.05) is 18.8 Å². The zero-order valence-corrected chi connectivity index (χ0v) is 11.6. The summed E-state index contributed by atoms with van der Waals surface area (Å²) >= 11 is 0. The molecule has 0 saturated carbocycles. The van der Waals surface area contributed by atoms with Crippen LogP contribution in [0.4, 0.5) is 5.95 Å². The van der Waals surface area contributed by atoms with Crippen molar-refractivity contribution in [2.24, 2.45) is 11.3 Å². The minimum Gasteiger partial charge on any atom is -0.340 e. The zero-order chi connectivity index (χ0) is 13.3. The Bertz CT molecular complexity index is 482. The van der Waals surface area contributed by atoms with Gasteiger partial charge in [-0.05, 0) is 30.7 Å². The topological polar surface area (TPSA) is 52.8 Å². The lowest BCUT2D eigenvalue weighted by atomic mass is 9.80. The molecule has 1 aromatic heterocycles. The maximum Gasteiger partial charge on any atom is 0.226 e. The number of hydrogen-bond acceptors (Lipinski definition) is 4. The Labute approximate surface area is 109 Å². The Kier molecular flexibility index (Phi) is 3.25. The molecule has 4 nitrogen and oxygen atoms in total. The Balaban J connectivity index is 2.20. The van der Waals surface area contributed by atoms with Crippen LogP contribution in [0.2, 0.25) is 0 Å². The van der Waals surface area contributed by atoms with Crippen molar-refractivity contribution < 1.29 is 0 Å². The van der Waals surface area contributed by atoms with Gasteiger partial charge in [-0.15, -0.1) is 0 Å². The number of nitrogens with zero attached hydrogens (tertiary/aromatic N) is 4. The zero-order valence-electron chi connectivity index (χ0n) is 11.6. The van der Waals surface area contributed by atoms with Crippen molar-refractivity contribution >= 4 is 5.95 Å². The summed E-state index contributed by atoms with van der Waals surface area (Å²) in [5, 5.41) is 8.95. The standard InChI is InChI=1S/C14H20N4/c1-10-7-12(8-15)17-13(16-10)18-6-5-11(9-18)14(2,3)4/h7,11H,5-6,9H2,1-4H3. The second-order valence-electron chi connectivity index (χ2n) is 6.10. The molecule has 0 N–H and O–H groups in total. The fourth-order valence-corrected chi connectivity index (χ4v) is 2.40. The van der Waals surface area contributed by atoms with E-state index in [9.17, 15) is 0 Å². The molecule has 96 valence electrons. The lowest BCUT2D eigenvalue weighted by molar-refractivity contribution is 0.263. The van der Waals surface area contributed by atoms with Gasteiger partial charge in [-0.2, -0.15) is 5.26 Å². The summed E-state index contributed by atoms with van der Waals surface area (Å²) in [5.74, 6) is 1.37. The first-order valence-electron chi connectivity index (χ1n) is 6.41. The molecule has 1 aromatic rings. The average Bonchev–Trinajstić information content (AvgIpc) is 2.77. The maximum atomic E-state index is 8.95. The normalized spacial score (nSPS) is 19.9. The van der Waals surface area contributed by atoms with E-state index in [0.717, 1.165) is 18.8 Å². The molecule has 0 radical (unpaired) electrons. The van der Waals surface area contributed by atoms with Crippen molar-refractivity contribution in [2.45, 2.75) is 34.1 Å². The molecule has 0 bridgehead atoms. The SMILES string of the molecule is Cc1cc(C#N)nc(N2CCC(C(C)(C)C)C2)n1. The lowest BCUT2D eigenvalue weighted by Crippen LogP contribution is -2.27. The molecule has 1 aliphatic rings. The summed E-state index contributed by atoms with van der Waals surface area (Å²) in [6, 6.07) is 3.82. The Hall–Kier alpha value is -1.63. The van der Waals surface area contributed by atoms with E-state index in [1.807, 2.05) is 6.92 Å². The first kappa shape index (κ1) is 12.8. The number of hydrogen-bond donors (Lipinski definition) is 0.